The first-order valence-electron chi connectivity index (χ1n) is 7.31. The second-order valence-electron chi connectivity index (χ2n) is 5.51. The molecule has 0 aromatic heterocycles. The highest BCUT2D eigenvalue weighted by molar-refractivity contribution is 5.97. The van der Waals surface area contributed by atoms with Gasteiger partial charge in [0.1, 0.15) is 11.6 Å². The van der Waals surface area contributed by atoms with Crippen LogP contribution in [-0.4, -0.2) is 18.0 Å². The van der Waals surface area contributed by atoms with Gasteiger partial charge in [-0.05, 0) is 50.1 Å². The zero-order chi connectivity index (χ0) is 17.9. The number of rotatable bonds is 4. The highest BCUT2D eigenvalue weighted by Crippen LogP contribution is 2.17. The topological polar surface area (TPSA) is 55.4 Å². The SMILES string of the molecule is Cc1ccc(C)c(NC(=O)[C@H](C)OC(=O)c2cc(F)cc(F)c2)c1. The Morgan fingerprint density at radius 1 is 1.04 bits per heavy atom. The van der Waals surface area contributed by atoms with Gasteiger partial charge in [0.2, 0.25) is 0 Å². The molecule has 6 heteroatoms. The van der Waals surface area contributed by atoms with E-state index in [-0.39, 0.29) is 5.56 Å². The molecule has 0 aliphatic heterocycles. The van der Waals surface area contributed by atoms with Crippen LogP contribution in [0.2, 0.25) is 0 Å². The summed E-state index contributed by atoms with van der Waals surface area (Å²) >= 11 is 0. The molecule has 1 N–H and O–H groups in total. The smallest absolute Gasteiger partial charge is 0.339 e. The lowest BCUT2D eigenvalue weighted by atomic mass is 10.1. The number of hydrogen-bond acceptors (Lipinski definition) is 3. The van der Waals surface area contributed by atoms with Crippen molar-refractivity contribution in [2.75, 3.05) is 5.32 Å². The molecule has 1 atom stereocenters. The van der Waals surface area contributed by atoms with E-state index in [1.165, 1.54) is 6.92 Å². The maximum Gasteiger partial charge on any atom is 0.339 e. The highest BCUT2D eigenvalue weighted by Gasteiger charge is 2.20. The Kier molecular flexibility index (Phi) is 5.28. The monoisotopic (exact) mass is 333 g/mol. The molecule has 24 heavy (non-hydrogen) atoms. The number of aryl methyl sites for hydroxylation is 2. The van der Waals surface area contributed by atoms with Crippen LogP contribution in [-0.2, 0) is 9.53 Å². The molecule has 0 bridgehead atoms. The summed E-state index contributed by atoms with van der Waals surface area (Å²) in [7, 11) is 0. The Bertz CT molecular complexity index is 770. The molecule has 2 aromatic rings. The molecular weight excluding hydrogens is 316 g/mol. The number of carbonyl (C=O) groups is 2. The van der Waals surface area contributed by atoms with Crippen molar-refractivity contribution in [3.05, 3.63) is 64.7 Å². The summed E-state index contributed by atoms with van der Waals surface area (Å²) in [5.74, 6) is -3.30. The first-order chi connectivity index (χ1) is 11.3. The van der Waals surface area contributed by atoms with Gasteiger partial charge in [-0.1, -0.05) is 12.1 Å². The van der Waals surface area contributed by atoms with Gasteiger partial charge in [0, 0.05) is 11.8 Å². The van der Waals surface area contributed by atoms with E-state index < -0.39 is 29.6 Å². The number of nitrogens with one attached hydrogen (secondary N) is 1. The second kappa shape index (κ2) is 7.21. The number of hydrogen-bond donors (Lipinski definition) is 1. The number of amides is 1. The lowest BCUT2D eigenvalue weighted by molar-refractivity contribution is -0.123. The fraction of sp³-hybridized carbons (Fsp3) is 0.222. The van der Waals surface area contributed by atoms with Crippen LogP contribution in [0.25, 0.3) is 0 Å². The van der Waals surface area contributed by atoms with Gasteiger partial charge in [-0.3, -0.25) is 4.79 Å². The van der Waals surface area contributed by atoms with Crippen LogP contribution in [0, 0.1) is 25.5 Å². The minimum atomic E-state index is -1.12. The van der Waals surface area contributed by atoms with Crippen LogP contribution in [0.5, 0.6) is 0 Å². The average molecular weight is 333 g/mol. The summed E-state index contributed by atoms with van der Waals surface area (Å²) in [6.07, 6.45) is -1.12. The highest BCUT2D eigenvalue weighted by atomic mass is 19.1. The van der Waals surface area contributed by atoms with E-state index in [0.717, 1.165) is 23.3 Å². The van der Waals surface area contributed by atoms with E-state index in [0.29, 0.717) is 11.8 Å². The molecule has 2 aromatic carbocycles. The van der Waals surface area contributed by atoms with Gasteiger partial charge in [-0.25, -0.2) is 13.6 Å². The molecule has 0 heterocycles. The molecule has 0 saturated carbocycles. The van der Waals surface area contributed by atoms with Gasteiger partial charge in [0.15, 0.2) is 6.10 Å². The summed E-state index contributed by atoms with van der Waals surface area (Å²) in [6.45, 7) is 5.10. The van der Waals surface area contributed by atoms with Crippen LogP contribution in [0.4, 0.5) is 14.5 Å². The van der Waals surface area contributed by atoms with E-state index in [1.54, 1.807) is 6.07 Å². The normalized spacial score (nSPS) is 11.7. The van der Waals surface area contributed by atoms with Gasteiger partial charge >= 0.3 is 5.97 Å². The predicted molar refractivity (Wildman–Crippen MR) is 85.8 cm³/mol. The minimum absolute atomic E-state index is 0.293. The first-order valence-corrected chi connectivity index (χ1v) is 7.31. The third-order valence-electron chi connectivity index (χ3n) is 3.40. The Morgan fingerprint density at radius 2 is 1.67 bits per heavy atom. The lowest BCUT2D eigenvalue weighted by Crippen LogP contribution is -2.30. The van der Waals surface area contributed by atoms with E-state index in [4.69, 9.17) is 4.74 Å². The van der Waals surface area contributed by atoms with Gasteiger partial charge in [0.25, 0.3) is 5.91 Å². The number of ether oxygens (including phenoxy) is 1. The molecule has 126 valence electrons. The standard InChI is InChI=1S/C18H17F2NO3/c1-10-4-5-11(2)16(6-10)21-17(22)12(3)24-18(23)13-7-14(19)9-15(20)8-13/h4-9,12H,1-3H3,(H,21,22)/t12-/m0/s1. The molecule has 0 aliphatic carbocycles. The van der Waals surface area contributed by atoms with Crippen LogP contribution in [0.15, 0.2) is 36.4 Å². The van der Waals surface area contributed by atoms with Crippen LogP contribution < -0.4 is 5.32 Å². The number of anilines is 1. The lowest BCUT2D eigenvalue weighted by Gasteiger charge is -2.15. The number of benzene rings is 2. The maximum atomic E-state index is 13.1. The van der Waals surface area contributed by atoms with Crippen molar-refractivity contribution in [3.8, 4) is 0 Å². The molecule has 4 nitrogen and oxygen atoms in total. The van der Waals surface area contributed by atoms with Crippen molar-refractivity contribution in [2.24, 2.45) is 0 Å². The van der Waals surface area contributed by atoms with Crippen molar-refractivity contribution in [1.29, 1.82) is 0 Å². The fourth-order valence-corrected chi connectivity index (χ4v) is 2.06. The van der Waals surface area contributed by atoms with E-state index >= 15 is 0 Å². The predicted octanol–water partition coefficient (Wildman–Crippen LogP) is 3.77. The van der Waals surface area contributed by atoms with Crippen molar-refractivity contribution in [1.82, 2.24) is 0 Å². The van der Waals surface area contributed by atoms with E-state index in [2.05, 4.69) is 5.32 Å². The molecule has 1 amide bonds. The van der Waals surface area contributed by atoms with Crippen LogP contribution >= 0.6 is 0 Å². The molecule has 0 radical (unpaired) electrons. The van der Waals surface area contributed by atoms with Crippen molar-refractivity contribution < 1.29 is 23.1 Å². The number of halogens is 2. The van der Waals surface area contributed by atoms with Crippen LogP contribution in [0.3, 0.4) is 0 Å². The molecule has 0 spiro atoms. The third kappa shape index (κ3) is 4.38. The molecule has 0 fully saturated rings. The summed E-state index contributed by atoms with van der Waals surface area (Å²) in [4.78, 5) is 24.0. The van der Waals surface area contributed by atoms with Crippen molar-refractivity contribution >= 4 is 17.6 Å². The Balaban J connectivity index is 2.05. The van der Waals surface area contributed by atoms with Gasteiger partial charge in [0.05, 0.1) is 5.56 Å². The van der Waals surface area contributed by atoms with Gasteiger partial charge < -0.3 is 10.1 Å². The fourth-order valence-electron chi connectivity index (χ4n) is 2.06. The third-order valence-corrected chi connectivity index (χ3v) is 3.40. The largest absolute Gasteiger partial charge is 0.449 e. The first kappa shape index (κ1) is 17.6. The number of carbonyl (C=O) groups excluding carboxylic acids is 2. The van der Waals surface area contributed by atoms with E-state index in [1.807, 2.05) is 26.0 Å². The minimum Gasteiger partial charge on any atom is -0.449 e. The Labute approximate surface area is 138 Å². The second-order valence-corrected chi connectivity index (χ2v) is 5.51. The average Bonchev–Trinajstić information content (AvgIpc) is 2.49. The molecule has 0 saturated heterocycles. The molecule has 2 rings (SSSR count). The van der Waals surface area contributed by atoms with Gasteiger partial charge in [-0.2, -0.15) is 0 Å². The molecule has 0 aliphatic rings. The zero-order valence-corrected chi connectivity index (χ0v) is 13.5. The Hall–Kier alpha value is -2.76. The van der Waals surface area contributed by atoms with Gasteiger partial charge in [-0.15, -0.1) is 0 Å². The number of esters is 1. The summed E-state index contributed by atoms with van der Waals surface area (Å²) < 4.78 is 31.2. The Morgan fingerprint density at radius 3 is 2.29 bits per heavy atom. The quantitative estimate of drug-likeness (QED) is 0.867. The summed E-state index contributed by atoms with van der Waals surface area (Å²) in [6, 6.07) is 7.91. The zero-order valence-electron chi connectivity index (χ0n) is 13.5. The van der Waals surface area contributed by atoms with E-state index in [9.17, 15) is 18.4 Å². The summed E-state index contributed by atoms with van der Waals surface area (Å²) in [5.41, 5.74) is 2.15. The molecule has 0 unspecified atom stereocenters. The molecular formula is C18H17F2NO3. The van der Waals surface area contributed by atoms with Crippen LogP contribution in [0.1, 0.15) is 28.4 Å². The summed E-state index contributed by atoms with van der Waals surface area (Å²) in [5, 5.41) is 2.67. The van der Waals surface area contributed by atoms with Crippen molar-refractivity contribution in [2.45, 2.75) is 26.9 Å². The van der Waals surface area contributed by atoms with Crippen molar-refractivity contribution in [3.63, 3.8) is 0 Å². The maximum absolute atomic E-state index is 13.1.